The van der Waals surface area contributed by atoms with Crippen molar-refractivity contribution in [2.45, 2.75) is 13.5 Å². The van der Waals surface area contributed by atoms with Gasteiger partial charge in [0.05, 0.1) is 0 Å². The average molecular weight is 531 g/mol. The highest BCUT2D eigenvalue weighted by Gasteiger charge is 2.16. The minimum atomic E-state index is -0.342. The molecule has 0 spiro atoms. The van der Waals surface area contributed by atoms with Crippen molar-refractivity contribution in [1.29, 1.82) is 0 Å². The molecule has 3 aromatic rings. The molecule has 4 rings (SSSR count). The van der Waals surface area contributed by atoms with E-state index in [-0.39, 0.29) is 11.9 Å². The number of anilines is 2. The Balaban J connectivity index is 1.41. The second kappa shape index (κ2) is 12.6. The van der Waals surface area contributed by atoms with E-state index in [1.165, 1.54) is 7.05 Å². The first-order valence-corrected chi connectivity index (χ1v) is 12.8. The Kier molecular flexibility index (Phi) is 8.98. The molecule has 2 heterocycles. The van der Waals surface area contributed by atoms with Crippen molar-refractivity contribution < 1.29 is 9.59 Å². The zero-order valence-corrected chi connectivity index (χ0v) is 22.5. The van der Waals surface area contributed by atoms with Gasteiger partial charge in [-0.1, -0.05) is 35.6 Å². The average Bonchev–Trinajstić information content (AvgIpc) is 2.91. The third-order valence-corrected chi connectivity index (χ3v) is 6.73. The molecule has 0 unspecified atom stereocenters. The number of pyridine rings is 1. The Labute approximate surface area is 228 Å². The van der Waals surface area contributed by atoms with Gasteiger partial charge in [-0.05, 0) is 61.5 Å². The molecular formula is C29H31ClN6O2. The van der Waals surface area contributed by atoms with Crippen LogP contribution >= 0.6 is 11.6 Å². The minimum Gasteiger partial charge on any atom is -0.341 e. The molecule has 8 nitrogen and oxygen atoms in total. The first-order valence-electron chi connectivity index (χ1n) is 12.4. The first kappa shape index (κ1) is 27.1. The van der Waals surface area contributed by atoms with Crippen LogP contribution in [0.3, 0.4) is 0 Å². The van der Waals surface area contributed by atoms with Gasteiger partial charge in [-0.2, -0.15) is 0 Å². The molecule has 0 radical (unpaired) electrons. The SMILES string of the molecule is CNC(=O)Nc1ccc(C#Cc2cc(C(=O)Nc3ccc(CN4CCN(C)CC4)c(Cl)c3)ccc2C)cn1. The number of aromatic nitrogens is 1. The molecule has 2 aromatic carbocycles. The van der Waals surface area contributed by atoms with Gasteiger partial charge in [-0.25, -0.2) is 9.78 Å². The summed E-state index contributed by atoms with van der Waals surface area (Å²) in [5.41, 5.74) is 4.58. The summed E-state index contributed by atoms with van der Waals surface area (Å²) < 4.78 is 0. The predicted octanol–water partition coefficient (Wildman–Crippen LogP) is 4.19. The molecule has 1 fully saturated rings. The smallest absolute Gasteiger partial charge is 0.320 e. The van der Waals surface area contributed by atoms with Crippen molar-refractivity contribution >= 4 is 35.0 Å². The number of rotatable bonds is 5. The molecule has 9 heteroatoms. The molecule has 1 aliphatic rings. The molecule has 0 bridgehead atoms. The molecular weight excluding hydrogens is 500 g/mol. The first-order chi connectivity index (χ1) is 18.3. The van der Waals surface area contributed by atoms with Crippen LogP contribution in [0, 0.1) is 18.8 Å². The summed E-state index contributed by atoms with van der Waals surface area (Å²) in [5.74, 6) is 6.38. The number of hydrogen-bond acceptors (Lipinski definition) is 5. The van der Waals surface area contributed by atoms with E-state index in [9.17, 15) is 9.59 Å². The Morgan fingerprint density at radius 2 is 1.79 bits per heavy atom. The van der Waals surface area contributed by atoms with Gasteiger partial charge in [0, 0.05) is 73.4 Å². The van der Waals surface area contributed by atoms with Crippen molar-refractivity contribution in [2.24, 2.45) is 0 Å². The van der Waals surface area contributed by atoms with Gasteiger partial charge < -0.3 is 15.5 Å². The fraction of sp³-hybridized carbons (Fsp3) is 0.276. The topological polar surface area (TPSA) is 89.6 Å². The van der Waals surface area contributed by atoms with E-state index in [4.69, 9.17) is 11.6 Å². The van der Waals surface area contributed by atoms with Gasteiger partial charge >= 0.3 is 6.03 Å². The number of aryl methyl sites for hydroxylation is 1. The van der Waals surface area contributed by atoms with Crippen LogP contribution in [0.2, 0.25) is 5.02 Å². The highest BCUT2D eigenvalue weighted by Crippen LogP contribution is 2.23. The lowest BCUT2D eigenvalue weighted by molar-refractivity contribution is 0.102. The second-order valence-electron chi connectivity index (χ2n) is 9.26. The Morgan fingerprint density at radius 3 is 2.47 bits per heavy atom. The van der Waals surface area contributed by atoms with Crippen LogP contribution in [0.4, 0.5) is 16.3 Å². The van der Waals surface area contributed by atoms with E-state index in [2.05, 4.69) is 49.6 Å². The number of piperazine rings is 1. The highest BCUT2D eigenvalue weighted by molar-refractivity contribution is 6.31. The van der Waals surface area contributed by atoms with Crippen molar-refractivity contribution in [3.05, 3.63) is 87.6 Å². The summed E-state index contributed by atoms with van der Waals surface area (Å²) in [5, 5.41) is 8.66. The fourth-order valence-corrected chi connectivity index (χ4v) is 4.20. The lowest BCUT2D eigenvalue weighted by Gasteiger charge is -2.32. The lowest BCUT2D eigenvalue weighted by Crippen LogP contribution is -2.43. The zero-order chi connectivity index (χ0) is 27.1. The van der Waals surface area contributed by atoms with Gasteiger partial charge in [0.1, 0.15) is 5.82 Å². The number of halogens is 1. The maximum atomic E-state index is 13.0. The number of nitrogens with zero attached hydrogens (tertiary/aromatic N) is 3. The van der Waals surface area contributed by atoms with Gasteiger partial charge in [-0.15, -0.1) is 0 Å². The summed E-state index contributed by atoms with van der Waals surface area (Å²) >= 11 is 6.56. The normalized spacial score (nSPS) is 13.8. The second-order valence-corrected chi connectivity index (χ2v) is 9.66. The van der Waals surface area contributed by atoms with E-state index >= 15 is 0 Å². The fourth-order valence-electron chi connectivity index (χ4n) is 3.96. The number of hydrogen-bond donors (Lipinski definition) is 3. The number of carbonyl (C=O) groups excluding carboxylic acids is 2. The molecule has 38 heavy (non-hydrogen) atoms. The maximum Gasteiger partial charge on any atom is 0.320 e. The number of benzene rings is 2. The summed E-state index contributed by atoms with van der Waals surface area (Å²) in [6.45, 7) is 6.87. The van der Waals surface area contributed by atoms with Crippen LogP contribution in [0.1, 0.15) is 32.6 Å². The highest BCUT2D eigenvalue weighted by atomic mass is 35.5. The van der Waals surface area contributed by atoms with Crippen LogP contribution in [0.5, 0.6) is 0 Å². The maximum absolute atomic E-state index is 13.0. The molecule has 0 saturated carbocycles. The van der Waals surface area contributed by atoms with Crippen LogP contribution in [0.25, 0.3) is 0 Å². The van der Waals surface area contributed by atoms with Crippen LogP contribution in [0.15, 0.2) is 54.7 Å². The van der Waals surface area contributed by atoms with Gasteiger partial charge in [0.25, 0.3) is 5.91 Å². The van der Waals surface area contributed by atoms with E-state index < -0.39 is 0 Å². The number of likely N-dealkylation sites (N-methyl/N-ethyl adjacent to an activating group) is 1. The van der Waals surface area contributed by atoms with E-state index in [1.807, 2.05) is 25.1 Å². The quantitative estimate of drug-likeness (QED) is 0.430. The lowest BCUT2D eigenvalue weighted by atomic mass is 10.0. The minimum absolute atomic E-state index is 0.234. The van der Waals surface area contributed by atoms with E-state index in [0.29, 0.717) is 27.7 Å². The number of carbonyl (C=O) groups is 2. The molecule has 0 aliphatic carbocycles. The van der Waals surface area contributed by atoms with Crippen LogP contribution in [-0.2, 0) is 6.54 Å². The monoisotopic (exact) mass is 530 g/mol. The van der Waals surface area contributed by atoms with E-state index in [0.717, 1.165) is 49.4 Å². The van der Waals surface area contributed by atoms with Crippen molar-refractivity contribution in [3.63, 3.8) is 0 Å². The Morgan fingerprint density at radius 1 is 1.00 bits per heavy atom. The molecule has 0 atom stereocenters. The Hall–Kier alpha value is -3.90. The molecule has 3 N–H and O–H groups in total. The van der Waals surface area contributed by atoms with Gasteiger partial charge in [-0.3, -0.25) is 15.0 Å². The standard InChI is InChI=1S/C29H31ClN6O2/c1-20-4-7-23(16-22(20)8-5-21-6-11-27(32-18-21)34-29(38)31-2)28(37)33-25-10-9-24(26(30)17-25)19-36-14-12-35(3)13-15-36/h4,6-7,9-11,16-18H,12-15,19H2,1-3H3,(H,33,37)(H2,31,32,34,38). The third-order valence-electron chi connectivity index (χ3n) is 6.37. The van der Waals surface area contributed by atoms with Gasteiger partial charge in [0.2, 0.25) is 0 Å². The molecule has 3 amide bonds. The van der Waals surface area contributed by atoms with E-state index in [1.54, 1.807) is 36.5 Å². The van der Waals surface area contributed by atoms with Crippen LogP contribution < -0.4 is 16.0 Å². The summed E-state index contributed by atoms with van der Waals surface area (Å²) in [4.78, 5) is 33.3. The molecule has 1 aromatic heterocycles. The predicted molar refractivity (Wildman–Crippen MR) is 152 cm³/mol. The number of urea groups is 1. The van der Waals surface area contributed by atoms with Crippen molar-refractivity contribution in [3.8, 4) is 11.8 Å². The third kappa shape index (κ3) is 7.33. The number of nitrogens with one attached hydrogen (secondary N) is 3. The van der Waals surface area contributed by atoms with Gasteiger partial charge in [0.15, 0.2) is 0 Å². The number of amides is 3. The zero-order valence-electron chi connectivity index (χ0n) is 21.8. The molecule has 1 aliphatic heterocycles. The van der Waals surface area contributed by atoms with Crippen molar-refractivity contribution in [1.82, 2.24) is 20.1 Å². The summed E-state index contributed by atoms with van der Waals surface area (Å²) in [6.07, 6.45) is 1.58. The largest absolute Gasteiger partial charge is 0.341 e. The summed E-state index contributed by atoms with van der Waals surface area (Å²) in [7, 11) is 3.67. The summed E-state index contributed by atoms with van der Waals surface area (Å²) in [6, 6.07) is 14.2. The van der Waals surface area contributed by atoms with Crippen LogP contribution in [-0.4, -0.2) is 67.0 Å². The molecule has 1 saturated heterocycles. The Bertz CT molecular complexity index is 1370. The molecule has 196 valence electrons. The van der Waals surface area contributed by atoms with Crippen molar-refractivity contribution in [2.75, 3.05) is 50.9 Å².